The van der Waals surface area contributed by atoms with Crippen molar-refractivity contribution in [2.75, 3.05) is 23.7 Å². The summed E-state index contributed by atoms with van der Waals surface area (Å²) < 4.78 is 5.21. The van der Waals surface area contributed by atoms with Crippen LogP contribution in [0.25, 0.3) is 11.0 Å². The Balaban J connectivity index is 1.35. The van der Waals surface area contributed by atoms with Crippen LogP contribution in [0.2, 0.25) is 0 Å². The van der Waals surface area contributed by atoms with Gasteiger partial charge in [-0.1, -0.05) is 18.2 Å². The van der Waals surface area contributed by atoms with Gasteiger partial charge in [0.2, 0.25) is 0 Å². The molecule has 3 aromatic heterocycles. The molecule has 1 aromatic carbocycles. The molecule has 4 aromatic rings. The van der Waals surface area contributed by atoms with E-state index in [4.69, 9.17) is 4.42 Å². The molecule has 4 rings (SSSR count). The lowest BCUT2D eigenvalue weighted by Gasteiger charge is -2.11. The minimum atomic E-state index is -0.666. The Labute approximate surface area is 183 Å². The first-order valence-corrected chi connectivity index (χ1v) is 10.1. The molecule has 0 saturated carbocycles. The Kier molecular flexibility index (Phi) is 6.07. The Hall–Kier alpha value is -4.27. The maximum absolute atomic E-state index is 12.4. The number of carbonyl (C=O) groups excluding carboxylic acids is 1. The highest BCUT2D eigenvalue weighted by atomic mass is 16.4. The molecule has 162 valence electrons. The Morgan fingerprint density at radius 3 is 2.62 bits per heavy atom. The number of benzene rings is 1. The first-order valence-electron chi connectivity index (χ1n) is 10.1. The van der Waals surface area contributed by atoms with Crippen LogP contribution in [-0.4, -0.2) is 33.9 Å². The van der Waals surface area contributed by atoms with Crippen molar-refractivity contribution in [2.45, 2.75) is 13.8 Å². The van der Waals surface area contributed by atoms with Crippen LogP contribution in [-0.2, 0) is 0 Å². The van der Waals surface area contributed by atoms with Crippen LogP contribution < -0.4 is 21.6 Å². The number of hydrogen-bond acceptors (Lipinski definition) is 8. The molecule has 9 nitrogen and oxygen atoms in total. The third-order valence-electron chi connectivity index (χ3n) is 4.61. The summed E-state index contributed by atoms with van der Waals surface area (Å²) in [7, 11) is 0. The molecule has 0 fully saturated rings. The van der Waals surface area contributed by atoms with Gasteiger partial charge in [0.25, 0.3) is 5.91 Å². The average Bonchev–Trinajstić information content (AvgIpc) is 2.76. The van der Waals surface area contributed by atoms with Gasteiger partial charge in [0.05, 0.1) is 0 Å². The molecule has 0 spiro atoms. The molecular formula is C23H22N6O3. The highest BCUT2D eigenvalue weighted by Crippen LogP contribution is 2.16. The van der Waals surface area contributed by atoms with E-state index in [1.54, 1.807) is 37.4 Å². The number of aromatic nitrogens is 3. The summed E-state index contributed by atoms with van der Waals surface area (Å²) in [5, 5.41) is 9.72. The third kappa shape index (κ3) is 5.07. The number of para-hydroxylation sites is 1. The minimum Gasteiger partial charge on any atom is -0.422 e. The van der Waals surface area contributed by atoms with Crippen LogP contribution in [0, 0.1) is 13.8 Å². The second-order valence-corrected chi connectivity index (χ2v) is 7.20. The number of pyridine rings is 1. The fraction of sp³-hybridized carbons (Fsp3) is 0.174. The quantitative estimate of drug-likeness (QED) is 0.302. The molecule has 0 atom stereocenters. The number of aryl methyl sites for hydroxylation is 2. The number of amides is 1. The standard InChI is InChI=1S/C23H22N6O3/c1-14-7-8-24-19(11-14)29-21-13-20(27-15(2)28-21)25-9-10-26-22(30)17-12-16-5-3-4-6-18(16)32-23(17)31/h3-8,11-13H,9-10H2,1-2H3,(H,26,30)(H2,24,25,27,28,29). The summed E-state index contributed by atoms with van der Waals surface area (Å²) >= 11 is 0. The van der Waals surface area contributed by atoms with Gasteiger partial charge in [-0.15, -0.1) is 0 Å². The van der Waals surface area contributed by atoms with Crippen molar-refractivity contribution in [2.24, 2.45) is 0 Å². The number of hydrogen-bond donors (Lipinski definition) is 3. The van der Waals surface area contributed by atoms with Crippen LogP contribution in [0.5, 0.6) is 0 Å². The third-order valence-corrected chi connectivity index (χ3v) is 4.61. The molecule has 0 aliphatic heterocycles. The van der Waals surface area contributed by atoms with E-state index in [1.807, 2.05) is 25.1 Å². The average molecular weight is 430 g/mol. The number of nitrogens with one attached hydrogen (secondary N) is 3. The number of rotatable bonds is 7. The maximum atomic E-state index is 12.4. The van der Waals surface area contributed by atoms with Gasteiger partial charge < -0.3 is 20.4 Å². The van der Waals surface area contributed by atoms with Crippen molar-refractivity contribution < 1.29 is 9.21 Å². The lowest BCUT2D eigenvalue weighted by Crippen LogP contribution is -2.32. The zero-order valence-corrected chi connectivity index (χ0v) is 17.7. The molecular weight excluding hydrogens is 408 g/mol. The van der Waals surface area contributed by atoms with E-state index >= 15 is 0 Å². The summed E-state index contributed by atoms with van der Waals surface area (Å²) in [6.07, 6.45) is 1.73. The van der Waals surface area contributed by atoms with Gasteiger partial charge in [0, 0.05) is 30.7 Å². The van der Waals surface area contributed by atoms with Crippen molar-refractivity contribution in [3.05, 3.63) is 82.1 Å². The topological polar surface area (TPSA) is 122 Å². The minimum absolute atomic E-state index is 0.0290. The van der Waals surface area contributed by atoms with Crippen LogP contribution in [0.1, 0.15) is 21.7 Å². The van der Waals surface area contributed by atoms with Gasteiger partial charge in [-0.05, 0) is 43.7 Å². The molecule has 0 bridgehead atoms. The largest absolute Gasteiger partial charge is 0.422 e. The predicted molar refractivity (Wildman–Crippen MR) is 122 cm³/mol. The Morgan fingerprint density at radius 1 is 0.969 bits per heavy atom. The van der Waals surface area contributed by atoms with Crippen molar-refractivity contribution >= 4 is 34.3 Å². The van der Waals surface area contributed by atoms with Crippen LogP contribution in [0.15, 0.2) is 63.9 Å². The van der Waals surface area contributed by atoms with E-state index in [1.165, 1.54) is 6.07 Å². The fourth-order valence-corrected chi connectivity index (χ4v) is 3.14. The van der Waals surface area contributed by atoms with Gasteiger partial charge in [0.15, 0.2) is 0 Å². The van der Waals surface area contributed by atoms with Crippen molar-refractivity contribution in [1.82, 2.24) is 20.3 Å². The second kappa shape index (κ2) is 9.25. The molecule has 0 radical (unpaired) electrons. The van der Waals surface area contributed by atoms with Crippen LogP contribution in [0.3, 0.4) is 0 Å². The molecule has 0 aliphatic carbocycles. The SMILES string of the molecule is Cc1ccnc(Nc2cc(NCCNC(=O)c3cc4ccccc4oc3=O)nc(C)n2)c1. The molecule has 0 aliphatic rings. The van der Waals surface area contributed by atoms with E-state index in [-0.39, 0.29) is 12.1 Å². The molecule has 32 heavy (non-hydrogen) atoms. The van der Waals surface area contributed by atoms with Crippen molar-refractivity contribution in [3.63, 3.8) is 0 Å². The smallest absolute Gasteiger partial charge is 0.349 e. The Morgan fingerprint density at radius 2 is 1.78 bits per heavy atom. The zero-order chi connectivity index (χ0) is 22.5. The summed E-state index contributed by atoms with van der Waals surface area (Å²) in [5.41, 5.74) is 0.836. The molecule has 0 unspecified atom stereocenters. The summed E-state index contributed by atoms with van der Waals surface area (Å²) in [5.74, 6) is 2.00. The summed E-state index contributed by atoms with van der Waals surface area (Å²) in [6, 6.07) is 14.2. The first kappa shape index (κ1) is 21.0. The first-order chi connectivity index (χ1) is 15.5. The highest BCUT2D eigenvalue weighted by molar-refractivity contribution is 5.96. The van der Waals surface area contributed by atoms with E-state index in [0.29, 0.717) is 40.8 Å². The van der Waals surface area contributed by atoms with Gasteiger partial charge in [-0.3, -0.25) is 4.79 Å². The number of anilines is 3. The van der Waals surface area contributed by atoms with Crippen molar-refractivity contribution in [3.8, 4) is 0 Å². The number of nitrogens with zero attached hydrogens (tertiary/aromatic N) is 3. The van der Waals surface area contributed by atoms with Gasteiger partial charge in [-0.25, -0.2) is 19.7 Å². The fourth-order valence-electron chi connectivity index (χ4n) is 3.14. The summed E-state index contributed by atoms with van der Waals surface area (Å²) in [6.45, 7) is 4.47. The highest BCUT2D eigenvalue weighted by Gasteiger charge is 2.13. The van der Waals surface area contributed by atoms with Crippen LogP contribution in [0.4, 0.5) is 17.5 Å². The molecule has 1 amide bonds. The van der Waals surface area contributed by atoms with E-state index < -0.39 is 11.5 Å². The maximum Gasteiger partial charge on any atom is 0.349 e. The molecule has 3 heterocycles. The van der Waals surface area contributed by atoms with E-state index in [2.05, 4.69) is 30.9 Å². The van der Waals surface area contributed by atoms with Gasteiger partial charge >= 0.3 is 5.63 Å². The number of fused-ring (bicyclic) bond motifs is 1. The monoisotopic (exact) mass is 430 g/mol. The molecule has 0 saturated heterocycles. The molecule has 9 heteroatoms. The lowest BCUT2D eigenvalue weighted by atomic mass is 10.2. The summed E-state index contributed by atoms with van der Waals surface area (Å²) in [4.78, 5) is 37.5. The Bertz CT molecular complexity index is 1330. The zero-order valence-electron chi connectivity index (χ0n) is 17.7. The lowest BCUT2D eigenvalue weighted by molar-refractivity contribution is 0.0951. The van der Waals surface area contributed by atoms with Crippen LogP contribution >= 0.6 is 0 Å². The van der Waals surface area contributed by atoms with E-state index in [9.17, 15) is 9.59 Å². The normalized spacial score (nSPS) is 10.7. The van der Waals surface area contributed by atoms with Crippen molar-refractivity contribution in [1.29, 1.82) is 0 Å². The van der Waals surface area contributed by atoms with Gasteiger partial charge in [0.1, 0.15) is 34.4 Å². The second-order valence-electron chi connectivity index (χ2n) is 7.20. The predicted octanol–water partition coefficient (Wildman–Crippen LogP) is 3.18. The van der Waals surface area contributed by atoms with Gasteiger partial charge in [-0.2, -0.15) is 0 Å². The molecule has 3 N–H and O–H groups in total. The van der Waals surface area contributed by atoms with E-state index in [0.717, 1.165) is 5.56 Å². The number of carbonyl (C=O) groups is 1.